The Balaban J connectivity index is 1.52. The fourth-order valence-corrected chi connectivity index (χ4v) is 3.03. The average molecular weight is 323 g/mol. The fourth-order valence-electron chi connectivity index (χ4n) is 2.24. The predicted octanol–water partition coefficient (Wildman–Crippen LogP) is 3.50. The molecule has 0 bridgehead atoms. The molecule has 0 aliphatic rings. The van der Waals surface area contributed by atoms with Crippen LogP contribution in [-0.2, 0) is 24.1 Å². The second kappa shape index (κ2) is 7.65. The summed E-state index contributed by atoms with van der Waals surface area (Å²) < 4.78 is 0. The van der Waals surface area contributed by atoms with Gasteiger partial charge in [-0.25, -0.2) is 4.98 Å². The molecule has 0 radical (unpaired) electrons. The van der Waals surface area contributed by atoms with Crippen LogP contribution in [0.3, 0.4) is 0 Å². The Labute approximate surface area is 139 Å². The number of thiazole rings is 1. The summed E-state index contributed by atoms with van der Waals surface area (Å²) in [5, 5.41) is 5.90. The van der Waals surface area contributed by atoms with Crippen LogP contribution >= 0.6 is 11.3 Å². The van der Waals surface area contributed by atoms with Crippen LogP contribution in [-0.4, -0.2) is 15.9 Å². The first kappa shape index (κ1) is 15.4. The Hall–Kier alpha value is -2.53. The van der Waals surface area contributed by atoms with Gasteiger partial charge in [0.1, 0.15) is 0 Å². The van der Waals surface area contributed by atoms with Gasteiger partial charge in [0, 0.05) is 29.9 Å². The Kier molecular flexibility index (Phi) is 5.11. The van der Waals surface area contributed by atoms with E-state index in [1.54, 1.807) is 23.7 Å². The highest BCUT2D eigenvalue weighted by Crippen LogP contribution is 2.14. The maximum absolute atomic E-state index is 12.0. The summed E-state index contributed by atoms with van der Waals surface area (Å²) in [5.41, 5.74) is 2.89. The van der Waals surface area contributed by atoms with Crippen LogP contribution in [0.1, 0.15) is 16.3 Å². The zero-order valence-corrected chi connectivity index (χ0v) is 13.4. The van der Waals surface area contributed by atoms with Crippen molar-refractivity contribution in [3.05, 3.63) is 76.5 Å². The van der Waals surface area contributed by atoms with Gasteiger partial charge in [-0.15, -0.1) is 11.3 Å². The number of hydrogen-bond donors (Lipinski definition) is 1. The van der Waals surface area contributed by atoms with Crippen LogP contribution in [0.25, 0.3) is 0 Å². The normalized spacial score (nSPS) is 10.4. The number of benzene rings is 1. The minimum atomic E-state index is -0.0396. The van der Waals surface area contributed by atoms with Gasteiger partial charge in [-0.2, -0.15) is 0 Å². The first-order chi connectivity index (χ1) is 11.3. The summed E-state index contributed by atoms with van der Waals surface area (Å²) in [5.74, 6) is -0.0396. The summed E-state index contributed by atoms with van der Waals surface area (Å²) in [6.45, 7) is 0. The first-order valence-corrected chi connectivity index (χ1v) is 8.34. The maximum atomic E-state index is 12.0. The Morgan fingerprint density at radius 3 is 2.61 bits per heavy atom. The first-order valence-electron chi connectivity index (χ1n) is 7.47. The van der Waals surface area contributed by atoms with Crippen LogP contribution < -0.4 is 5.32 Å². The molecule has 3 rings (SSSR count). The molecular formula is C18H17N3OS. The third-order valence-corrected chi connectivity index (χ3v) is 4.33. The molecule has 1 aromatic carbocycles. The molecule has 0 unspecified atom stereocenters. The number of aromatic nitrogens is 2. The molecule has 23 heavy (non-hydrogen) atoms. The lowest BCUT2D eigenvalue weighted by Crippen LogP contribution is -2.14. The minimum Gasteiger partial charge on any atom is -0.326 e. The molecule has 0 aliphatic carbocycles. The zero-order valence-electron chi connectivity index (χ0n) is 12.6. The standard InChI is InChI=1S/C18H17N3OS/c22-17(20-15-4-2-1-3-5-15)12-16-13-23-18(21-16)7-6-14-8-10-19-11-9-14/h1-5,8-11,13H,6-7,12H2,(H,20,22). The largest absolute Gasteiger partial charge is 0.326 e. The summed E-state index contributed by atoms with van der Waals surface area (Å²) in [6.07, 6.45) is 5.73. The zero-order chi connectivity index (χ0) is 15.9. The number of carbonyl (C=O) groups is 1. The molecule has 0 saturated heterocycles. The highest BCUT2D eigenvalue weighted by molar-refractivity contribution is 7.09. The second-order valence-corrected chi connectivity index (χ2v) is 6.12. The van der Waals surface area contributed by atoms with Crippen molar-refractivity contribution in [3.63, 3.8) is 0 Å². The average Bonchev–Trinajstić information content (AvgIpc) is 3.02. The molecule has 0 atom stereocenters. The van der Waals surface area contributed by atoms with Gasteiger partial charge in [-0.1, -0.05) is 18.2 Å². The van der Waals surface area contributed by atoms with E-state index in [0.717, 1.165) is 29.2 Å². The molecule has 2 heterocycles. The van der Waals surface area contributed by atoms with Crippen molar-refractivity contribution >= 4 is 22.9 Å². The smallest absolute Gasteiger partial charge is 0.230 e. The molecular weight excluding hydrogens is 306 g/mol. The quantitative estimate of drug-likeness (QED) is 0.755. The number of rotatable bonds is 6. The SMILES string of the molecule is O=C(Cc1csc(CCc2ccncc2)n1)Nc1ccccc1. The van der Waals surface area contributed by atoms with Crippen molar-refractivity contribution in [2.45, 2.75) is 19.3 Å². The van der Waals surface area contributed by atoms with Crippen LogP contribution in [0.5, 0.6) is 0 Å². The van der Waals surface area contributed by atoms with Gasteiger partial charge in [-0.3, -0.25) is 9.78 Å². The van der Waals surface area contributed by atoms with Gasteiger partial charge in [-0.05, 0) is 36.2 Å². The summed E-state index contributed by atoms with van der Waals surface area (Å²) in [7, 11) is 0. The predicted molar refractivity (Wildman–Crippen MR) is 92.5 cm³/mol. The minimum absolute atomic E-state index is 0.0396. The van der Waals surface area contributed by atoms with E-state index in [1.807, 2.05) is 47.8 Å². The van der Waals surface area contributed by atoms with Crippen molar-refractivity contribution in [2.75, 3.05) is 5.32 Å². The Bertz CT molecular complexity index is 756. The lowest BCUT2D eigenvalue weighted by atomic mass is 10.1. The third kappa shape index (κ3) is 4.72. The van der Waals surface area contributed by atoms with E-state index in [-0.39, 0.29) is 5.91 Å². The molecule has 0 aliphatic heterocycles. The van der Waals surface area contributed by atoms with Crippen molar-refractivity contribution in [2.24, 2.45) is 0 Å². The van der Waals surface area contributed by atoms with Gasteiger partial charge in [0.05, 0.1) is 17.1 Å². The van der Waals surface area contributed by atoms with E-state index in [9.17, 15) is 4.79 Å². The number of anilines is 1. The van der Waals surface area contributed by atoms with E-state index in [2.05, 4.69) is 15.3 Å². The van der Waals surface area contributed by atoms with Crippen LogP contribution in [0.4, 0.5) is 5.69 Å². The molecule has 1 amide bonds. The van der Waals surface area contributed by atoms with Gasteiger partial charge in [0.25, 0.3) is 0 Å². The molecule has 3 aromatic rings. The number of amides is 1. The van der Waals surface area contributed by atoms with E-state index in [4.69, 9.17) is 0 Å². The lowest BCUT2D eigenvalue weighted by molar-refractivity contribution is -0.115. The number of carbonyl (C=O) groups excluding carboxylic acids is 1. The number of pyridine rings is 1. The molecule has 4 nitrogen and oxygen atoms in total. The topological polar surface area (TPSA) is 54.9 Å². The van der Waals surface area contributed by atoms with Gasteiger partial charge in [0.2, 0.25) is 5.91 Å². The molecule has 5 heteroatoms. The lowest BCUT2D eigenvalue weighted by Gasteiger charge is -2.03. The number of aryl methyl sites for hydroxylation is 2. The highest BCUT2D eigenvalue weighted by atomic mass is 32.1. The molecule has 2 aromatic heterocycles. The highest BCUT2D eigenvalue weighted by Gasteiger charge is 2.08. The molecule has 0 spiro atoms. The fraction of sp³-hybridized carbons (Fsp3) is 0.167. The monoisotopic (exact) mass is 323 g/mol. The van der Waals surface area contributed by atoms with E-state index in [1.165, 1.54) is 5.56 Å². The molecule has 116 valence electrons. The Morgan fingerprint density at radius 2 is 1.83 bits per heavy atom. The number of para-hydroxylation sites is 1. The van der Waals surface area contributed by atoms with Crippen molar-refractivity contribution < 1.29 is 4.79 Å². The summed E-state index contributed by atoms with van der Waals surface area (Å²) in [6, 6.07) is 13.5. The summed E-state index contributed by atoms with van der Waals surface area (Å²) >= 11 is 1.61. The number of hydrogen-bond acceptors (Lipinski definition) is 4. The maximum Gasteiger partial charge on any atom is 0.230 e. The van der Waals surface area contributed by atoms with E-state index in [0.29, 0.717) is 6.42 Å². The Morgan fingerprint density at radius 1 is 1.04 bits per heavy atom. The van der Waals surface area contributed by atoms with Gasteiger partial charge in [0.15, 0.2) is 0 Å². The van der Waals surface area contributed by atoms with Crippen LogP contribution in [0.15, 0.2) is 60.2 Å². The van der Waals surface area contributed by atoms with E-state index >= 15 is 0 Å². The number of nitrogens with one attached hydrogen (secondary N) is 1. The van der Waals surface area contributed by atoms with E-state index < -0.39 is 0 Å². The molecule has 1 N–H and O–H groups in total. The third-order valence-electron chi connectivity index (χ3n) is 3.38. The van der Waals surface area contributed by atoms with Crippen molar-refractivity contribution in [1.82, 2.24) is 9.97 Å². The second-order valence-electron chi connectivity index (χ2n) is 5.18. The van der Waals surface area contributed by atoms with Gasteiger partial charge >= 0.3 is 0 Å². The number of nitrogens with zero attached hydrogens (tertiary/aromatic N) is 2. The van der Waals surface area contributed by atoms with Crippen LogP contribution in [0, 0.1) is 0 Å². The van der Waals surface area contributed by atoms with Crippen molar-refractivity contribution in [3.8, 4) is 0 Å². The van der Waals surface area contributed by atoms with Crippen LogP contribution in [0.2, 0.25) is 0 Å². The summed E-state index contributed by atoms with van der Waals surface area (Å²) in [4.78, 5) is 20.6. The van der Waals surface area contributed by atoms with Crippen molar-refractivity contribution in [1.29, 1.82) is 0 Å². The molecule has 0 saturated carbocycles. The van der Waals surface area contributed by atoms with Gasteiger partial charge < -0.3 is 5.32 Å². The molecule has 0 fully saturated rings.